The van der Waals surface area contributed by atoms with Crippen molar-refractivity contribution in [3.8, 4) is 0 Å². The second-order valence-electron chi connectivity index (χ2n) is 8.92. The van der Waals surface area contributed by atoms with E-state index in [1.54, 1.807) is 12.1 Å². The Labute approximate surface area is 202 Å². The summed E-state index contributed by atoms with van der Waals surface area (Å²) < 4.78 is 5.48. The summed E-state index contributed by atoms with van der Waals surface area (Å²) in [5, 5.41) is 2.53. The van der Waals surface area contributed by atoms with Gasteiger partial charge in [0, 0.05) is 44.7 Å². The predicted molar refractivity (Wildman–Crippen MR) is 131 cm³/mol. The van der Waals surface area contributed by atoms with Gasteiger partial charge in [-0.05, 0) is 24.6 Å². The smallest absolute Gasteiger partial charge is 0.280 e. The SMILES string of the molecule is CN1CCN(c2nc(NN3C(=O)c4cccc5cccc(c45)C3=O)nc(N3CCOCC3)n2)CC1. The summed E-state index contributed by atoms with van der Waals surface area (Å²) in [5.41, 5.74) is 3.84. The number of carbonyl (C=O) groups excluding carboxylic acids is 2. The molecule has 1 N–H and O–H groups in total. The molecule has 180 valence electrons. The average Bonchev–Trinajstić information content (AvgIpc) is 2.90. The highest BCUT2D eigenvalue weighted by Gasteiger charge is 2.34. The van der Waals surface area contributed by atoms with Crippen LogP contribution in [0.1, 0.15) is 20.7 Å². The van der Waals surface area contributed by atoms with Crippen molar-refractivity contribution in [2.45, 2.75) is 0 Å². The van der Waals surface area contributed by atoms with Crippen LogP contribution in [0.25, 0.3) is 10.8 Å². The number of carbonyl (C=O) groups is 2. The number of piperazine rings is 1. The van der Waals surface area contributed by atoms with Gasteiger partial charge in [0.25, 0.3) is 11.8 Å². The van der Waals surface area contributed by atoms with Gasteiger partial charge in [-0.25, -0.2) is 0 Å². The number of hydrogen-bond acceptors (Lipinski definition) is 10. The molecule has 0 bridgehead atoms. The highest BCUT2D eigenvalue weighted by Crippen LogP contribution is 2.30. The van der Waals surface area contributed by atoms with Gasteiger partial charge in [-0.2, -0.15) is 20.0 Å². The molecule has 2 amide bonds. The number of nitrogens with one attached hydrogen (secondary N) is 1. The number of nitrogens with zero attached hydrogens (tertiary/aromatic N) is 7. The molecule has 0 unspecified atom stereocenters. The van der Waals surface area contributed by atoms with Gasteiger partial charge in [0.2, 0.25) is 17.8 Å². The van der Waals surface area contributed by atoms with E-state index in [2.05, 4.69) is 32.2 Å². The summed E-state index contributed by atoms with van der Waals surface area (Å²) in [5.74, 6) is 0.307. The van der Waals surface area contributed by atoms with Gasteiger partial charge in [0.15, 0.2) is 0 Å². The summed E-state index contributed by atoms with van der Waals surface area (Å²) in [7, 11) is 2.09. The number of benzene rings is 2. The number of anilines is 3. The predicted octanol–water partition coefficient (Wildman–Crippen LogP) is 1.24. The topological polar surface area (TPSA) is 107 Å². The van der Waals surface area contributed by atoms with E-state index < -0.39 is 11.8 Å². The molecule has 11 heteroatoms. The number of hydrogen-bond donors (Lipinski definition) is 1. The Morgan fingerprint density at radius 1 is 0.771 bits per heavy atom. The van der Waals surface area contributed by atoms with Crippen molar-refractivity contribution < 1.29 is 14.3 Å². The zero-order valence-corrected chi connectivity index (χ0v) is 19.5. The molecule has 2 saturated heterocycles. The third-order valence-corrected chi connectivity index (χ3v) is 6.68. The van der Waals surface area contributed by atoms with E-state index in [0.29, 0.717) is 54.7 Å². The minimum Gasteiger partial charge on any atom is -0.378 e. The molecule has 11 nitrogen and oxygen atoms in total. The Balaban J connectivity index is 1.36. The van der Waals surface area contributed by atoms with Crippen molar-refractivity contribution >= 4 is 40.4 Å². The minimum atomic E-state index is -0.436. The van der Waals surface area contributed by atoms with Crippen LogP contribution in [-0.2, 0) is 4.74 Å². The maximum absolute atomic E-state index is 13.4. The maximum Gasteiger partial charge on any atom is 0.280 e. The molecule has 0 spiro atoms. The first-order chi connectivity index (χ1) is 17.1. The first kappa shape index (κ1) is 21.7. The van der Waals surface area contributed by atoms with Crippen LogP contribution in [0.5, 0.6) is 0 Å². The molecule has 3 aliphatic rings. The van der Waals surface area contributed by atoms with Gasteiger partial charge in [-0.3, -0.25) is 15.0 Å². The fourth-order valence-electron chi connectivity index (χ4n) is 4.69. The van der Waals surface area contributed by atoms with Gasteiger partial charge >= 0.3 is 0 Å². The molecule has 0 aliphatic carbocycles. The number of rotatable bonds is 4. The van der Waals surface area contributed by atoms with Gasteiger partial charge in [0.05, 0.1) is 24.3 Å². The summed E-state index contributed by atoms with van der Waals surface area (Å²) in [6.45, 7) is 5.82. The number of ether oxygens (including phenoxy) is 1. The lowest BCUT2D eigenvalue weighted by molar-refractivity contribution is 0.0647. The van der Waals surface area contributed by atoms with Crippen LogP contribution in [0.4, 0.5) is 17.8 Å². The summed E-state index contributed by atoms with van der Waals surface area (Å²) in [4.78, 5) is 47.0. The van der Waals surface area contributed by atoms with E-state index in [0.717, 1.165) is 36.6 Å². The van der Waals surface area contributed by atoms with Crippen molar-refractivity contribution in [2.75, 3.05) is 74.8 Å². The summed E-state index contributed by atoms with van der Waals surface area (Å²) in [6, 6.07) is 10.9. The molecular formula is C24H26N8O3. The Morgan fingerprint density at radius 3 is 1.94 bits per heavy atom. The van der Waals surface area contributed by atoms with Crippen molar-refractivity contribution in [2.24, 2.45) is 0 Å². The number of morpholine rings is 1. The van der Waals surface area contributed by atoms with E-state index in [1.807, 2.05) is 29.2 Å². The zero-order valence-electron chi connectivity index (χ0n) is 19.5. The highest BCUT2D eigenvalue weighted by atomic mass is 16.5. The van der Waals surface area contributed by atoms with Crippen LogP contribution in [0, 0.1) is 0 Å². The lowest BCUT2D eigenvalue weighted by atomic mass is 9.95. The molecule has 0 radical (unpaired) electrons. The largest absolute Gasteiger partial charge is 0.378 e. The number of aromatic nitrogens is 3. The second kappa shape index (κ2) is 8.75. The molecule has 1 aromatic heterocycles. The number of imide groups is 1. The van der Waals surface area contributed by atoms with E-state index in [9.17, 15) is 9.59 Å². The standard InChI is InChI=1S/C24H26N8O3/c1-29-8-10-30(11-9-29)23-25-22(26-24(27-23)31-12-14-35-15-13-31)28-32-20(33)17-6-2-4-16-5-3-7-18(19(16)17)21(32)34/h2-7H,8-15H2,1H3,(H,25,26,27,28). The van der Waals surface area contributed by atoms with Gasteiger partial charge in [-0.1, -0.05) is 24.3 Å². The monoisotopic (exact) mass is 474 g/mol. The van der Waals surface area contributed by atoms with Crippen molar-refractivity contribution in [3.63, 3.8) is 0 Å². The molecule has 3 aliphatic heterocycles. The summed E-state index contributed by atoms with van der Waals surface area (Å²) >= 11 is 0. The zero-order chi connectivity index (χ0) is 23.9. The van der Waals surface area contributed by atoms with Crippen molar-refractivity contribution in [1.29, 1.82) is 0 Å². The molecule has 0 saturated carbocycles. The molecule has 2 aromatic carbocycles. The van der Waals surface area contributed by atoms with Crippen LogP contribution >= 0.6 is 0 Å². The minimum absolute atomic E-state index is 0.156. The van der Waals surface area contributed by atoms with Crippen LogP contribution < -0.4 is 15.2 Å². The Morgan fingerprint density at radius 2 is 1.34 bits per heavy atom. The first-order valence-electron chi connectivity index (χ1n) is 11.8. The number of hydrazine groups is 1. The third kappa shape index (κ3) is 3.92. The molecule has 6 rings (SSSR count). The molecule has 0 atom stereocenters. The second-order valence-corrected chi connectivity index (χ2v) is 8.92. The molecular weight excluding hydrogens is 448 g/mol. The number of amides is 2. The molecule has 35 heavy (non-hydrogen) atoms. The average molecular weight is 475 g/mol. The quantitative estimate of drug-likeness (QED) is 0.555. The van der Waals surface area contributed by atoms with Gasteiger partial charge in [0.1, 0.15) is 0 Å². The molecule has 3 aromatic rings. The maximum atomic E-state index is 13.4. The highest BCUT2D eigenvalue weighted by molar-refractivity contribution is 6.25. The number of likely N-dealkylation sites (N-methyl/N-ethyl adjacent to an activating group) is 1. The normalized spacial score (nSPS) is 18.9. The summed E-state index contributed by atoms with van der Waals surface area (Å²) in [6.07, 6.45) is 0. The first-order valence-corrected chi connectivity index (χ1v) is 11.8. The van der Waals surface area contributed by atoms with Crippen molar-refractivity contribution in [3.05, 3.63) is 47.5 Å². The fourth-order valence-corrected chi connectivity index (χ4v) is 4.69. The van der Waals surface area contributed by atoms with Crippen LogP contribution in [0.3, 0.4) is 0 Å². The lowest BCUT2D eigenvalue weighted by Crippen LogP contribution is -2.46. The van der Waals surface area contributed by atoms with E-state index in [4.69, 9.17) is 9.72 Å². The van der Waals surface area contributed by atoms with E-state index in [1.165, 1.54) is 0 Å². The Hall–Kier alpha value is -3.83. The molecule has 4 heterocycles. The van der Waals surface area contributed by atoms with Crippen LogP contribution in [0.15, 0.2) is 36.4 Å². The molecule has 2 fully saturated rings. The third-order valence-electron chi connectivity index (χ3n) is 6.68. The van der Waals surface area contributed by atoms with Crippen LogP contribution in [-0.4, -0.2) is 96.2 Å². The van der Waals surface area contributed by atoms with Gasteiger partial charge in [-0.15, -0.1) is 0 Å². The van der Waals surface area contributed by atoms with E-state index >= 15 is 0 Å². The van der Waals surface area contributed by atoms with Crippen LogP contribution in [0.2, 0.25) is 0 Å². The van der Waals surface area contributed by atoms with Gasteiger partial charge < -0.3 is 19.4 Å². The van der Waals surface area contributed by atoms with Crippen molar-refractivity contribution in [1.82, 2.24) is 24.9 Å². The Bertz CT molecular complexity index is 1250. The Kier molecular flexibility index (Phi) is 5.42. The lowest BCUT2D eigenvalue weighted by Gasteiger charge is -2.34. The fraction of sp³-hybridized carbons (Fsp3) is 0.375. The van der Waals surface area contributed by atoms with E-state index in [-0.39, 0.29) is 5.95 Å².